The van der Waals surface area contributed by atoms with Gasteiger partial charge in [0.1, 0.15) is 5.75 Å². The van der Waals surface area contributed by atoms with E-state index in [0.29, 0.717) is 17.8 Å². The zero-order chi connectivity index (χ0) is 12.7. The maximum Gasteiger partial charge on any atom is 0.115 e. The molecule has 2 unspecified atom stereocenters. The van der Waals surface area contributed by atoms with Gasteiger partial charge < -0.3 is 10.0 Å². The fraction of sp³-hybridized carbons (Fsp3) is 0.600. The monoisotopic (exact) mass is 246 g/mol. The molecule has 3 nitrogen and oxygen atoms in total. The average Bonchev–Trinajstić information content (AvgIpc) is 2.75. The summed E-state index contributed by atoms with van der Waals surface area (Å²) < 4.78 is 0. The lowest BCUT2D eigenvalue weighted by atomic mass is 10.0. The molecule has 1 aromatic rings. The Kier molecular flexibility index (Phi) is 3.04. The highest BCUT2D eigenvalue weighted by Crippen LogP contribution is 2.38. The first-order chi connectivity index (χ1) is 8.65. The Morgan fingerprint density at radius 1 is 1.28 bits per heavy atom. The van der Waals surface area contributed by atoms with E-state index in [1.807, 2.05) is 12.1 Å². The van der Waals surface area contributed by atoms with Crippen LogP contribution in [0, 0.1) is 0 Å². The molecule has 3 rings (SSSR count). The maximum absolute atomic E-state index is 9.55. The number of aromatic hydroxyl groups is 1. The van der Waals surface area contributed by atoms with E-state index in [-0.39, 0.29) is 0 Å². The van der Waals surface area contributed by atoms with Gasteiger partial charge in [-0.3, -0.25) is 4.90 Å². The van der Waals surface area contributed by atoms with Crippen LogP contribution in [0.4, 0.5) is 0 Å². The molecule has 0 radical (unpaired) electrons. The summed E-state index contributed by atoms with van der Waals surface area (Å²) in [7, 11) is 2.21. The van der Waals surface area contributed by atoms with Crippen molar-refractivity contribution in [1.82, 2.24) is 9.80 Å². The number of hydrogen-bond acceptors (Lipinski definition) is 3. The molecule has 1 aromatic carbocycles. The van der Waals surface area contributed by atoms with Crippen LogP contribution in [0.15, 0.2) is 18.2 Å². The Labute approximate surface area is 109 Å². The third-order valence-electron chi connectivity index (χ3n) is 4.60. The van der Waals surface area contributed by atoms with Crippen LogP contribution in [-0.2, 0) is 6.42 Å². The number of rotatable bonds is 1. The summed E-state index contributed by atoms with van der Waals surface area (Å²) in [5.41, 5.74) is 2.77. The minimum Gasteiger partial charge on any atom is -0.508 e. The Bertz CT molecular complexity index is 446. The van der Waals surface area contributed by atoms with Crippen molar-refractivity contribution in [3.63, 3.8) is 0 Å². The Hall–Kier alpha value is -1.06. The first-order valence-electron chi connectivity index (χ1n) is 6.91. The van der Waals surface area contributed by atoms with E-state index in [1.165, 1.54) is 17.5 Å². The molecule has 0 amide bonds. The van der Waals surface area contributed by atoms with E-state index in [2.05, 4.69) is 29.8 Å². The second-order valence-corrected chi connectivity index (χ2v) is 5.76. The van der Waals surface area contributed by atoms with Gasteiger partial charge in [-0.2, -0.15) is 0 Å². The molecule has 0 aromatic heterocycles. The number of hydrogen-bond donors (Lipinski definition) is 1. The van der Waals surface area contributed by atoms with E-state index < -0.39 is 0 Å². The minimum atomic E-state index is 0.404. The first-order valence-corrected chi connectivity index (χ1v) is 6.91. The van der Waals surface area contributed by atoms with E-state index in [0.717, 1.165) is 26.1 Å². The zero-order valence-corrected chi connectivity index (χ0v) is 11.3. The molecular formula is C15H22N2O. The SMILES string of the molecule is CC1CN(C2CCc3cc(O)ccc32)CCN1C. The van der Waals surface area contributed by atoms with E-state index >= 15 is 0 Å². The third-order valence-corrected chi connectivity index (χ3v) is 4.60. The zero-order valence-electron chi connectivity index (χ0n) is 11.3. The molecule has 98 valence electrons. The summed E-state index contributed by atoms with van der Waals surface area (Å²) in [5.74, 6) is 0.404. The van der Waals surface area contributed by atoms with Gasteiger partial charge in [-0.05, 0) is 50.1 Å². The second kappa shape index (κ2) is 4.56. The van der Waals surface area contributed by atoms with E-state index in [9.17, 15) is 5.11 Å². The highest BCUT2D eigenvalue weighted by molar-refractivity contribution is 5.40. The van der Waals surface area contributed by atoms with Crippen LogP contribution in [0.1, 0.15) is 30.5 Å². The van der Waals surface area contributed by atoms with Crippen molar-refractivity contribution >= 4 is 0 Å². The number of phenolic OH excluding ortho intramolecular Hbond substituents is 1. The molecule has 2 aliphatic rings. The summed E-state index contributed by atoms with van der Waals surface area (Å²) in [6, 6.07) is 7.09. The number of likely N-dealkylation sites (N-methyl/N-ethyl adjacent to an activating group) is 1. The van der Waals surface area contributed by atoms with Crippen LogP contribution in [0.25, 0.3) is 0 Å². The summed E-state index contributed by atoms with van der Waals surface area (Å²) in [4.78, 5) is 5.05. The molecule has 1 N–H and O–H groups in total. The molecule has 18 heavy (non-hydrogen) atoms. The smallest absolute Gasteiger partial charge is 0.115 e. The summed E-state index contributed by atoms with van der Waals surface area (Å²) in [6.07, 6.45) is 2.31. The molecular weight excluding hydrogens is 224 g/mol. The van der Waals surface area contributed by atoms with Gasteiger partial charge in [0.15, 0.2) is 0 Å². The summed E-state index contributed by atoms with van der Waals surface area (Å²) >= 11 is 0. The normalized spacial score (nSPS) is 29.4. The largest absolute Gasteiger partial charge is 0.508 e. The number of aryl methyl sites for hydroxylation is 1. The van der Waals surface area contributed by atoms with Crippen LogP contribution in [-0.4, -0.2) is 47.6 Å². The molecule has 1 heterocycles. The predicted octanol–water partition coefficient (Wildman–Crippen LogP) is 2.02. The van der Waals surface area contributed by atoms with Gasteiger partial charge in [0, 0.05) is 31.7 Å². The molecule has 2 atom stereocenters. The molecule has 1 fully saturated rings. The van der Waals surface area contributed by atoms with Gasteiger partial charge in [-0.25, -0.2) is 0 Å². The van der Waals surface area contributed by atoms with Gasteiger partial charge in [-0.15, -0.1) is 0 Å². The lowest BCUT2D eigenvalue weighted by molar-refractivity contribution is 0.0719. The Morgan fingerprint density at radius 3 is 2.89 bits per heavy atom. The highest BCUT2D eigenvalue weighted by Gasteiger charge is 2.31. The van der Waals surface area contributed by atoms with Crippen molar-refractivity contribution in [3.05, 3.63) is 29.3 Å². The fourth-order valence-corrected chi connectivity index (χ4v) is 3.32. The fourth-order valence-electron chi connectivity index (χ4n) is 3.32. The van der Waals surface area contributed by atoms with E-state index in [4.69, 9.17) is 0 Å². The molecule has 1 aliphatic heterocycles. The molecule has 3 heteroatoms. The van der Waals surface area contributed by atoms with Crippen molar-refractivity contribution in [2.45, 2.75) is 31.8 Å². The lowest BCUT2D eigenvalue weighted by Gasteiger charge is -2.41. The number of piperazine rings is 1. The summed E-state index contributed by atoms with van der Waals surface area (Å²) in [5, 5.41) is 9.55. The van der Waals surface area contributed by atoms with Crippen LogP contribution < -0.4 is 0 Å². The van der Waals surface area contributed by atoms with Crippen LogP contribution >= 0.6 is 0 Å². The Morgan fingerprint density at radius 2 is 2.11 bits per heavy atom. The molecule has 0 bridgehead atoms. The van der Waals surface area contributed by atoms with Crippen molar-refractivity contribution in [2.75, 3.05) is 26.7 Å². The predicted molar refractivity (Wildman–Crippen MR) is 72.8 cm³/mol. The van der Waals surface area contributed by atoms with Crippen LogP contribution in [0.3, 0.4) is 0 Å². The van der Waals surface area contributed by atoms with Crippen molar-refractivity contribution in [3.8, 4) is 5.75 Å². The molecule has 1 saturated heterocycles. The van der Waals surface area contributed by atoms with Crippen molar-refractivity contribution in [2.24, 2.45) is 0 Å². The van der Waals surface area contributed by atoms with Gasteiger partial charge in [0.25, 0.3) is 0 Å². The van der Waals surface area contributed by atoms with Crippen molar-refractivity contribution < 1.29 is 5.11 Å². The minimum absolute atomic E-state index is 0.404. The van der Waals surface area contributed by atoms with Gasteiger partial charge >= 0.3 is 0 Å². The first kappa shape index (κ1) is 12.0. The van der Waals surface area contributed by atoms with Gasteiger partial charge in [0.05, 0.1) is 0 Å². The number of nitrogens with zero attached hydrogens (tertiary/aromatic N) is 2. The summed E-state index contributed by atoms with van der Waals surface area (Å²) in [6.45, 7) is 5.78. The topological polar surface area (TPSA) is 26.7 Å². The van der Waals surface area contributed by atoms with Crippen LogP contribution in [0.5, 0.6) is 5.75 Å². The molecule has 0 spiro atoms. The maximum atomic E-state index is 9.55. The van der Waals surface area contributed by atoms with Crippen LogP contribution in [0.2, 0.25) is 0 Å². The Balaban J connectivity index is 1.80. The van der Waals surface area contributed by atoms with Gasteiger partial charge in [-0.1, -0.05) is 6.07 Å². The number of fused-ring (bicyclic) bond motifs is 1. The quantitative estimate of drug-likeness (QED) is 0.821. The molecule has 1 aliphatic carbocycles. The van der Waals surface area contributed by atoms with E-state index in [1.54, 1.807) is 0 Å². The lowest BCUT2D eigenvalue weighted by Crippen LogP contribution is -2.50. The number of benzene rings is 1. The highest BCUT2D eigenvalue weighted by atomic mass is 16.3. The third kappa shape index (κ3) is 2.02. The van der Waals surface area contributed by atoms with Gasteiger partial charge in [0.2, 0.25) is 0 Å². The number of phenols is 1. The second-order valence-electron chi connectivity index (χ2n) is 5.76. The molecule has 0 saturated carbocycles. The average molecular weight is 246 g/mol. The van der Waals surface area contributed by atoms with Crippen molar-refractivity contribution in [1.29, 1.82) is 0 Å². The standard InChI is InChI=1S/C15H22N2O/c1-11-10-17(8-7-16(11)2)15-6-3-12-9-13(18)4-5-14(12)15/h4-5,9,11,15,18H,3,6-8,10H2,1-2H3.